The van der Waals surface area contributed by atoms with E-state index in [9.17, 15) is 22.4 Å². The van der Waals surface area contributed by atoms with Gasteiger partial charge in [0.25, 0.3) is 5.56 Å². The van der Waals surface area contributed by atoms with Crippen LogP contribution in [0.2, 0.25) is 0 Å². The Labute approximate surface area is 198 Å². The van der Waals surface area contributed by atoms with Gasteiger partial charge in [-0.15, -0.1) is 13.2 Å². The fourth-order valence-corrected chi connectivity index (χ4v) is 3.98. The lowest BCUT2D eigenvalue weighted by molar-refractivity contribution is -0.274. The van der Waals surface area contributed by atoms with E-state index in [1.54, 1.807) is 6.07 Å². The molecule has 2 heterocycles. The Balaban J connectivity index is 1.81. The van der Waals surface area contributed by atoms with Gasteiger partial charge >= 0.3 is 6.36 Å². The van der Waals surface area contributed by atoms with Crippen LogP contribution in [0.1, 0.15) is 12.0 Å². The van der Waals surface area contributed by atoms with Crippen molar-refractivity contribution in [3.05, 3.63) is 64.2 Å². The van der Waals surface area contributed by atoms with Gasteiger partial charge in [0, 0.05) is 24.7 Å². The first-order valence-corrected chi connectivity index (χ1v) is 10.8. The lowest BCUT2D eigenvalue weighted by atomic mass is 10.0. The molecule has 1 aliphatic rings. The molecule has 0 aliphatic carbocycles. The number of hydrogen-bond acceptors (Lipinski definition) is 6. The summed E-state index contributed by atoms with van der Waals surface area (Å²) in [7, 11) is 1.51. The number of nitriles is 1. The molecule has 0 radical (unpaired) electrons. The summed E-state index contributed by atoms with van der Waals surface area (Å²) in [5.41, 5.74) is 0.573. The summed E-state index contributed by atoms with van der Waals surface area (Å²) in [5, 5.41) is 15.4. The van der Waals surface area contributed by atoms with Gasteiger partial charge in [0.15, 0.2) is 5.82 Å². The van der Waals surface area contributed by atoms with E-state index in [2.05, 4.69) is 20.4 Å². The summed E-state index contributed by atoms with van der Waals surface area (Å²) in [6.45, 7) is 2.21. The van der Waals surface area contributed by atoms with Crippen molar-refractivity contribution in [3.8, 4) is 34.3 Å². The first-order chi connectivity index (χ1) is 16.7. The van der Waals surface area contributed by atoms with Crippen LogP contribution in [-0.4, -0.2) is 35.5 Å². The van der Waals surface area contributed by atoms with Crippen molar-refractivity contribution >= 4 is 5.82 Å². The van der Waals surface area contributed by atoms with Gasteiger partial charge in [0.2, 0.25) is 0 Å². The molecule has 0 saturated carbocycles. The zero-order valence-electron chi connectivity index (χ0n) is 18.6. The third-order valence-electron chi connectivity index (χ3n) is 5.74. The van der Waals surface area contributed by atoms with Gasteiger partial charge in [0.05, 0.1) is 17.0 Å². The molecule has 0 unspecified atom stereocenters. The maximum atomic E-state index is 14.4. The molecule has 1 aliphatic heterocycles. The highest BCUT2D eigenvalue weighted by Gasteiger charge is 2.31. The van der Waals surface area contributed by atoms with Crippen LogP contribution in [0.25, 0.3) is 22.5 Å². The van der Waals surface area contributed by atoms with Gasteiger partial charge in [-0.3, -0.25) is 4.79 Å². The summed E-state index contributed by atoms with van der Waals surface area (Å²) in [6.07, 6.45) is -3.89. The molecular weight excluding hydrogens is 466 g/mol. The van der Waals surface area contributed by atoms with Crippen LogP contribution >= 0.6 is 0 Å². The lowest BCUT2D eigenvalue weighted by Crippen LogP contribution is -2.27. The summed E-state index contributed by atoms with van der Waals surface area (Å²) in [4.78, 5) is 17.6. The Hall–Kier alpha value is -3.91. The van der Waals surface area contributed by atoms with Gasteiger partial charge in [0.1, 0.15) is 17.6 Å². The molecule has 2 aromatic carbocycles. The molecule has 3 aromatic rings. The number of nitrogens with one attached hydrogen (secondary N) is 2. The molecule has 1 fully saturated rings. The first-order valence-electron chi connectivity index (χ1n) is 10.8. The minimum absolute atomic E-state index is 0.0694. The van der Waals surface area contributed by atoms with E-state index in [1.165, 1.54) is 35.9 Å². The van der Waals surface area contributed by atoms with E-state index >= 15 is 0 Å². The Morgan fingerprint density at radius 1 is 1.23 bits per heavy atom. The predicted octanol–water partition coefficient (Wildman–Crippen LogP) is 4.05. The molecule has 7 nitrogen and oxygen atoms in total. The van der Waals surface area contributed by atoms with Crippen molar-refractivity contribution in [1.29, 1.82) is 5.26 Å². The molecule has 2 N–H and O–H groups in total. The molecule has 4 rings (SSSR count). The molecule has 0 amide bonds. The number of ether oxygens (including phenoxy) is 1. The fraction of sp³-hybridized carbons (Fsp3) is 0.292. The highest BCUT2D eigenvalue weighted by atomic mass is 19.4. The number of alkyl halides is 3. The van der Waals surface area contributed by atoms with Crippen molar-refractivity contribution in [1.82, 2.24) is 14.9 Å². The van der Waals surface area contributed by atoms with E-state index in [1.807, 2.05) is 0 Å². The summed E-state index contributed by atoms with van der Waals surface area (Å²) < 4.78 is 57.3. The van der Waals surface area contributed by atoms with E-state index in [0.29, 0.717) is 23.6 Å². The maximum Gasteiger partial charge on any atom is 0.573 e. The zero-order chi connectivity index (χ0) is 25.2. The molecule has 0 spiro atoms. The van der Waals surface area contributed by atoms with E-state index in [0.717, 1.165) is 37.7 Å². The zero-order valence-corrected chi connectivity index (χ0v) is 18.6. The highest BCUT2D eigenvalue weighted by Crippen LogP contribution is 2.33. The van der Waals surface area contributed by atoms with Crippen LogP contribution < -0.4 is 20.9 Å². The van der Waals surface area contributed by atoms with Crippen molar-refractivity contribution < 1.29 is 22.3 Å². The first kappa shape index (κ1) is 24.2. The van der Waals surface area contributed by atoms with Crippen LogP contribution in [0.5, 0.6) is 5.75 Å². The quantitative estimate of drug-likeness (QED) is 0.510. The SMILES string of the molecule is Cn1c(-c2ccc(OC(F)(F)F)cc2)c(-c2ccc(C#N)c(F)c2)nc(NC[C@H]2CCNC2)c1=O. The Morgan fingerprint density at radius 3 is 2.54 bits per heavy atom. The van der Waals surface area contributed by atoms with Gasteiger partial charge in [-0.25, -0.2) is 9.37 Å². The summed E-state index contributed by atoms with van der Waals surface area (Å²) >= 11 is 0. The summed E-state index contributed by atoms with van der Waals surface area (Å²) in [6, 6.07) is 10.7. The van der Waals surface area contributed by atoms with Crippen molar-refractivity contribution in [2.24, 2.45) is 13.0 Å². The average molecular weight is 487 g/mol. The van der Waals surface area contributed by atoms with E-state index in [4.69, 9.17) is 5.26 Å². The average Bonchev–Trinajstić information content (AvgIpc) is 3.33. The van der Waals surface area contributed by atoms with Gasteiger partial charge in [-0.1, -0.05) is 6.07 Å². The lowest BCUT2D eigenvalue weighted by Gasteiger charge is -2.18. The van der Waals surface area contributed by atoms with Crippen LogP contribution in [0.3, 0.4) is 0 Å². The highest BCUT2D eigenvalue weighted by molar-refractivity contribution is 5.79. The topological polar surface area (TPSA) is 92.0 Å². The number of rotatable bonds is 6. The number of aromatic nitrogens is 2. The third-order valence-corrected chi connectivity index (χ3v) is 5.74. The van der Waals surface area contributed by atoms with Gasteiger partial charge in [-0.05, 0) is 61.8 Å². The van der Waals surface area contributed by atoms with Gasteiger partial charge in [-0.2, -0.15) is 5.26 Å². The molecule has 1 saturated heterocycles. The normalized spacial score (nSPS) is 15.6. The number of halogens is 4. The summed E-state index contributed by atoms with van der Waals surface area (Å²) in [5.74, 6) is -0.793. The van der Waals surface area contributed by atoms with Crippen LogP contribution in [-0.2, 0) is 7.05 Å². The van der Waals surface area contributed by atoms with E-state index < -0.39 is 23.5 Å². The van der Waals surface area contributed by atoms with Crippen molar-refractivity contribution in [2.75, 3.05) is 25.0 Å². The Morgan fingerprint density at radius 2 is 1.94 bits per heavy atom. The standard InChI is InChI=1S/C24H21F4N5O2/c1-33-21(15-4-6-18(7-5-15)35-24(26,27)28)20(16-2-3-17(11-29)19(25)10-16)32-22(23(33)34)31-13-14-8-9-30-12-14/h2-7,10,14,30H,8-9,12-13H2,1H3,(H,31,32)/t14-/m0/s1. The second-order valence-corrected chi connectivity index (χ2v) is 8.14. The molecule has 11 heteroatoms. The van der Waals surface area contributed by atoms with Crippen molar-refractivity contribution in [3.63, 3.8) is 0 Å². The van der Waals surface area contributed by atoms with Crippen LogP contribution in [0, 0.1) is 23.1 Å². The fourth-order valence-electron chi connectivity index (χ4n) is 3.98. The Kier molecular flexibility index (Phi) is 6.75. The maximum absolute atomic E-state index is 14.4. The Bertz CT molecular complexity index is 1320. The second kappa shape index (κ2) is 9.76. The molecular formula is C24H21F4N5O2. The van der Waals surface area contributed by atoms with Crippen LogP contribution in [0.15, 0.2) is 47.3 Å². The number of nitrogens with zero attached hydrogens (tertiary/aromatic N) is 3. The smallest absolute Gasteiger partial charge is 0.406 e. The van der Waals surface area contributed by atoms with Gasteiger partial charge < -0.3 is 19.9 Å². The second-order valence-electron chi connectivity index (χ2n) is 8.14. The van der Waals surface area contributed by atoms with Crippen LogP contribution in [0.4, 0.5) is 23.4 Å². The predicted molar refractivity (Wildman–Crippen MR) is 121 cm³/mol. The monoisotopic (exact) mass is 487 g/mol. The minimum Gasteiger partial charge on any atom is -0.406 e. The van der Waals surface area contributed by atoms with Crippen molar-refractivity contribution in [2.45, 2.75) is 12.8 Å². The molecule has 182 valence electrons. The molecule has 35 heavy (non-hydrogen) atoms. The molecule has 1 atom stereocenters. The van der Waals surface area contributed by atoms with E-state index in [-0.39, 0.29) is 22.8 Å². The molecule has 1 aromatic heterocycles. The number of benzene rings is 2. The minimum atomic E-state index is -4.84. The third kappa shape index (κ3) is 5.44. The number of hydrogen-bond donors (Lipinski definition) is 2. The number of anilines is 1. The molecule has 0 bridgehead atoms. The largest absolute Gasteiger partial charge is 0.573 e.